The van der Waals surface area contributed by atoms with Crippen LogP contribution < -0.4 is 10.6 Å². The minimum atomic E-state index is -0.660. The number of carbonyl (C=O) groups excluding carboxylic acids is 1. The van der Waals surface area contributed by atoms with Crippen LogP contribution in [0.5, 0.6) is 0 Å². The van der Waals surface area contributed by atoms with Crippen LogP contribution in [-0.4, -0.2) is 35.4 Å². The van der Waals surface area contributed by atoms with Gasteiger partial charge in [-0.25, -0.2) is 4.79 Å². The van der Waals surface area contributed by atoms with Crippen LogP contribution in [0.15, 0.2) is 18.2 Å². The van der Waals surface area contributed by atoms with Crippen LogP contribution in [0, 0.1) is 10.1 Å². The lowest BCUT2D eigenvalue weighted by Crippen LogP contribution is -2.53. The summed E-state index contributed by atoms with van der Waals surface area (Å²) in [4.78, 5) is 22.5. The highest BCUT2D eigenvalue weighted by Gasteiger charge is 2.35. The Hall–Kier alpha value is -2.35. The first-order chi connectivity index (χ1) is 10.6. The number of hydrogen-bond donors (Lipinski definition) is 2. The molecule has 8 nitrogen and oxygen atoms in total. The number of amides is 1. The summed E-state index contributed by atoms with van der Waals surface area (Å²) >= 11 is 0. The van der Waals surface area contributed by atoms with Crippen LogP contribution in [0.1, 0.15) is 27.7 Å². The lowest BCUT2D eigenvalue weighted by molar-refractivity contribution is -0.384. The third kappa shape index (κ3) is 4.56. The summed E-state index contributed by atoms with van der Waals surface area (Å²) in [5, 5.41) is 16.9. The van der Waals surface area contributed by atoms with Gasteiger partial charge in [-0.1, -0.05) is 0 Å². The standard InChI is InChI=1S/C15H21N3O5/c1-14(2,3)23-13(19)16-10-5-6-11(12(7-10)18(20)21)17-15(4)8-22-9-15/h5-7,17H,8-9H2,1-4H3,(H,16,19). The molecule has 23 heavy (non-hydrogen) atoms. The summed E-state index contributed by atoms with van der Waals surface area (Å²) in [6.45, 7) is 8.12. The fourth-order valence-electron chi connectivity index (χ4n) is 2.09. The van der Waals surface area contributed by atoms with Crippen LogP contribution >= 0.6 is 0 Å². The quantitative estimate of drug-likeness (QED) is 0.652. The van der Waals surface area contributed by atoms with Gasteiger partial charge in [-0.05, 0) is 39.8 Å². The average molecular weight is 323 g/mol. The molecule has 0 saturated carbocycles. The minimum Gasteiger partial charge on any atom is -0.444 e. The molecule has 1 heterocycles. The lowest BCUT2D eigenvalue weighted by atomic mass is 10.00. The zero-order valence-corrected chi connectivity index (χ0v) is 13.6. The van der Waals surface area contributed by atoms with E-state index in [2.05, 4.69) is 10.6 Å². The van der Waals surface area contributed by atoms with Crippen LogP contribution in [-0.2, 0) is 9.47 Å². The molecule has 1 aromatic carbocycles. The highest BCUT2D eigenvalue weighted by molar-refractivity contribution is 5.86. The number of nitrogens with zero attached hydrogens (tertiary/aromatic N) is 1. The Morgan fingerprint density at radius 1 is 1.39 bits per heavy atom. The first kappa shape index (κ1) is 17.0. The molecule has 1 aromatic rings. The van der Waals surface area contributed by atoms with E-state index < -0.39 is 16.6 Å². The van der Waals surface area contributed by atoms with Gasteiger partial charge in [0.2, 0.25) is 0 Å². The third-order valence-electron chi connectivity index (χ3n) is 3.12. The Morgan fingerprint density at radius 3 is 2.52 bits per heavy atom. The van der Waals surface area contributed by atoms with Crippen LogP contribution in [0.3, 0.4) is 0 Å². The predicted octanol–water partition coefficient (Wildman–Crippen LogP) is 3.14. The van der Waals surface area contributed by atoms with E-state index in [-0.39, 0.29) is 11.2 Å². The molecule has 1 aliphatic heterocycles. The smallest absolute Gasteiger partial charge is 0.412 e. The number of nitro benzene ring substituents is 1. The van der Waals surface area contributed by atoms with E-state index in [0.29, 0.717) is 24.6 Å². The van der Waals surface area contributed by atoms with Crippen LogP contribution in [0.2, 0.25) is 0 Å². The van der Waals surface area contributed by atoms with E-state index in [1.807, 2.05) is 6.92 Å². The molecule has 2 N–H and O–H groups in total. The summed E-state index contributed by atoms with van der Waals surface area (Å²) in [5.74, 6) is 0. The molecule has 1 amide bonds. The van der Waals surface area contributed by atoms with E-state index in [9.17, 15) is 14.9 Å². The number of nitrogens with one attached hydrogen (secondary N) is 2. The summed E-state index contributed by atoms with van der Waals surface area (Å²) < 4.78 is 10.3. The van der Waals surface area contributed by atoms with Gasteiger partial charge in [0.15, 0.2) is 0 Å². The van der Waals surface area contributed by atoms with Gasteiger partial charge in [-0.3, -0.25) is 15.4 Å². The molecular weight excluding hydrogens is 302 g/mol. The maximum Gasteiger partial charge on any atom is 0.412 e. The normalized spacial score (nSPS) is 16.2. The first-order valence-electron chi connectivity index (χ1n) is 7.22. The maximum absolute atomic E-state index is 11.7. The Balaban J connectivity index is 2.15. The maximum atomic E-state index is 11.7. The monoisotopic (exact) mass is 323 g/mol. The van der Waals surface area contributed by atoms with Crippen molar-refractivity contribution in [3.05, 3.63) is 28.3 Å². The largest absolute Gasteiger partial charge is 0.444 e. The molecule has 1 saturated heterocycles. The summed E-state index contributed by atoms with van der Waals surface area (Å²) in [5.41, 5.74) is -0.394. The van der Waals surface area contributed by atoms with Crippen molar-refractivity contribution < 1.29 is 19.2 Å². The van der Waals surface area contributed by atoms with E-state index >= 15 is 0 Å². The fraction of sp³-hybridized carbons (Fsp3) is 0.533. The minimum absolute atomic E-state index is 0.119. The lowest BCUT2D eigenvalue weighted by Gasteiger charge is -2.39. The van der Waals surface area contributed by atoms with Gasteiger partial charge in [0.05, 0.1) is 29.4 Å². The number of benzene rings is 1. The number of carbonyl (C=O) groups is 1. The van der Waals surface area contributed by atoms with Gasteiger partial charge in [-0.2, -0.15) is 0 Å². The Bertz CT molecular complexity index is 620. The molecular formula is C15H21N3O5. The number of rotatable bonds is 4. The van der Waals surface area contributed by atoms with Gasteiger partial charge >= 0.3 is 6.09 Å². The highest BCUT2D eigenvalue weighted by Crippen LogP contribution is 2.32. The molecule has 126 valence electrons. The van der Waals surface area contributed by atoms with Crippen LogP contribution in [0.4, 0.5) is 21.9 Å². The second-order valence-electron chi connectivity index (χ2n) is 6.79. The zero-order chi connectivity index (χ0) is 17.3. The van der Waals surface area contributed by atoms with E-state index in [0.717, 1.165) is 0 Å². The van der Waals surface area contributed by atoms with Crippen molar-refractivity contribution in [3.63, 3.8) is 0 Å². The number of ether oxygens (including phenoxy) is 2. The summed E-state index contributed by atoms with van der Waals surface area (Å²) in [6, 6.07) is 4.45. The van der Waals surface area contributed by atoms with Gasteiger partial charge in [0.1, 0.15) is 11.3 Å². The van der Waals surface area contributed by atoms with E-state index in [4.69, 9.17) is 9.47 Å². The molecule has 0 atom stereocenters. The second kappa shape index (κ2) is 6.04. The Labute approximate surface area is 134 Å². The number of anilines is 2. The van der Waals surface area contributed by atoms with E-state index in [1.54, 1.807) is 32.9 Å². The molecule has 0 aromatic heterocycles. The molecule has 0 spiro atoms. The SMILES string of the molecule is CC1(Nc2ccc(NC(=O)OC(C)(C)C)cc2[N+](=O)[O-])COC1. The molecule has 0 aliphatic carbocycles. The van der Waals surface area contributed by atoms with Crippen molar-refractivity contribution in [2.24, 2.45) is 0 Å². The van der Waals surface area contributed by atoms with Gasteiger partial charge < -0.3 is 14.8 Å². The highest BCUT2D eigenvalue weighted by atomic mass is 16.6. The van der Waals surface area contributed by atoms with Crippen LogP contribution in [0.25, 0.3) is 0 Å². The molecule has 8 heteroatoms. The first-order valence-corrected chi connectivity index (χ1v) is 7.22. The van der Waals surface area contributed by atoms with Crippen molar-refractivity contribution in [2.75, 3.05) is 23.8 Å². The van der Waals surface area contributed by atoms with Gasteiger partial charge in [-0.15, -0.1) is 0 Å². The summed E-state index contributed by atoms with van der Waals surface area (Å²) in [6.07, 6.45) is -0.660. The number of nitro groups is 1. The van der Waals surface area contributed by atoms with E-state index in [1.165, 1.54) is 6.07 Å². The van der Waals surface area contributed by atoms with Gasteiger partial charge in [0.25, 0.3) is 5.69 Å². The average Bonchev–Trinajstić information content (AvgIpc) is 2.36. The molecule has 0 bridgehead atoms. The molecule has 0 radical (unpaired) electrons. The Morgan fingerprint density at radius 2 is 2.04 bits per heavy atom. The molecule has 0 unspecified atom stereocenters. The predicted molar refractivity (Wildman–Crippen MR) is 85.8 cm³/mol. The zero-order valence-electron chi connectivity index (χ0n) is 13.6. The topological polar surface area (TPSA) is 103 Å². The fourth-order valence-corrected chi connectivity index (χ4v) is 2.09. The van der Waals surface area contributed by atoms with Crippen molar-refractivity contribution in [1.29, 1.82) is 0 Å². The second-order valence-corrected chi connectivity index (χ2v) is 6.79. The molecule has 1 aliphatic rings. The molecule has 2 rings (SSSR count). The van der Waals surface area contributed by atoms with Crippen molar-refractivity contribution in [2.45, 2.75) is 38.8 Å². The van der Waals surface area contributed by atoms with Crippen molar-refractivity contribution in [3.8, 4) is 0 Å². The number of hydrogen-bond acceptors (Lipinski definition) is 6. The summed E-state index contributed by atoms with van der Waals surface area (Å²) in [7, 11) is 0. The third-order valence-corrected chi connectivity index (χ3v) is 3.12. The van der Waals surface area contributed by atoms with Crippen molar-refractivity contribution >= 4 is 23.2 Å². The van der Waals surface area contributed by atoms with Gasteiger partial charge in [0, 0.05) is 6.07 Å². The van der Waals surface area contributed by atoms with Crippen molar-refractivity contribution in [1.82, 2.24) is 0 Å². The Kier molecular flexibility index (Phi) is 4.46. The molecule has 1 fully saturated rings.